The predicted octanol–water partition coefficient (Wildman–Crippen LogP) is 1.03. The Hall–Kier alpha value is -0.160. The normalized spacial score (nSPS) is 23.1. The molecule has 0 radical (unpaired) electrons. The molecule has 2 heterocycles. The Morgan fingerprint density at radius 2 is 1.89 bits per heavy atom. The number of rotatable bonds is 7. The van der Waals surface area contributed by atoms with E-state index in [0.29, 0.717) is 0 Å². The predicted molar refractivity (Wildman–Crippen MR) is 79.6 cm³/mol. The molecular weight excluding hydrogens is 238 g/mol. The maximum Gasteiger partial charge on any atom is 0.0468 e. The van der Waals surface area contributed by atoms with Crippen LogP contribution in [-0.2, 0) is 4.74 Å². The summed E-state index contributed by atoms with van der Waals surface area (Å²) < 4.78 is 5.41. The van der Waals surface area contributed by atoms with Crippen molar-refractivity contribution in [2.45, 2.75) is 25.7 Å². The van der Waals surface area contributed by atoms with Crippen LogP contribution in [0.25, 0.3) is 0 Å². The highest BCUT2D eigenvalue weighted by Gasteiger charge is 2.14. The van der Waals surface area contributed by atoms with Gasteiger partial charge in [-0.05, 0) is 58.3 Å². The average Bonchev–Trinajstić information content (AvgIpc) is 2.47. The van der Waals surface area contributed by atoms with Crippen LogP contribution < -0.4 is 5.32 Å². The molecule has 0 atom stereocenters. The van der Waals surface area contributed by atoms with Crippen LogP contribution in [0.5, 0.6) is 0 Å². The highest BCUT2D eigenvalue weighted by Crippen LogP contribution is 2.18. The molecule has 0 unspecified atom stereocenters. The molecule has 19 heavy (non-hydrogen) atoms. The number of nitrogens with one attached hydrogen (secondary N) is 1. The van der Waals surface area contributed by atoms with Crippen LogP contribution in [0, 0.1) is 5.92 Å². The largest absolute Gasteiger partial charge is 0.381 e. The van der Waals surface area contributed by atoms with Crippen LogP contribution in [0.4, 0.5) is 0 Å². The van der Waals surface area contributed by atoms with E-state index in [0.717, 1.165) is 19.1 Å². The van der Waals surface area contributed by atoms with E-state index < -0.39 is 0 Å². The van der Waals surface area contributed by atoms with Gasteiger partial charge in [-0.25, -0.2) is 0 Å². The summed E-state index contributed by atoms with van der Waals surface area (Å²) in [6, 6.07) is 0. The second-order valence-corrected chi connectivity index (χ2v) is 6.09. The van der Waals surface area contributed by atoms with Crippen molar-refractivity contribution in [3.63, 3.8) is 0 Å². The zero-order valence-corrected chi connectivity index (χ0v) is 12.6. The maximum atomic E-state index is 5.41. The van der Waals surface area contributed by atoms with Crippen LogP contribution in [0.2, 0.25) is 0 Å². The Bertz CT molecular complexity index is 225. The SMILES string of the molecule is CN(CCCN1CCNCC1)CCC1CCOCC1. The van der Waals surface area contributed by atoms with Gasteiger partial charge in [0.25, 0.3) is 0 Å². The lowest BCUT2D eigenvalue weighted by Crippen LogP contribution is -2.44. The molecule has 2 fully saturated rings. The van der Waals surface area contributed by atoms with Gasteiger partial charge < -0.3 is 19.9 Å². The van der Waals surface area contributed by atoms with Crippen molar-refractivity contribution in [2.75, 3.05) is 66.1 Å². The fraction of sp³-hybridized carbons (Fsp3) is 1.00. The van der Waals surface area contributed by atoms with Gasteiger partial charge >= 0.3 is 0 Å². The molecule has 0 saturated carbocycles. The average molecular weight is 269 g/mol. The van der Waals surface area contributed by atoms with Crippen LogP contribution in [0.3, 0.4) is 0 Å². The molecule has 2 saturated heterocycles. The van der Waals surface area contributed by atoms with Gasteiger partial charge in [-0.2, -0.15) is 0 Å². The van der Waals surface area contributed by atoms with Crippen LogP contribution in [-0.4, -0.2) is 75.9 Å². The third-order valence-electron chi connectivity index (χ3n) is 4.48. The zero-order valence-electron chi connectivity index (χ0n) is 12.6. The smallest absolute Gasteiger partial charge is 0.0468 e. The summed E-state index contributed by atoms with van der Waals surface area (Å²) in [6.07, 6.45) is 5.21. The van der Waals surface area contributed by atoms with Gasteiger partial charge in [0.15, 0.2) is 0 Å². The molecule has 0 aromatic rings. The van der Waals surface area contributed by atoms with E-state index in [1.807, 2.05) is 0 Å². The topological polar surface area (TPSA) is 27.7 Å². The molecular formula is C15H31N3O. The van der Waals surface area contributed by atoms with Gasteiger partial charge in [-0.1, -0.05) is 0 Å². The highest BCUT2D eigenvalue weighted by molar-refractivity contribution is 4.69. The summed E-state index contributed by atoms with van der Waals surface area (Å²) in [6.45, 7) is 10.5. The van der Waals surface area contributed by atoms with E-state index in [2.05, 4.69) is 22.2 Å². The molecule has 2 aliphatic heterocycles. The summed E-state index contributed by atoms with van der Waals surface area (Å²) in [5.41, 5.74) is 0. The maximum absolute atomic E-state index is 5.41. The molecule has 1 N–H and O–H groups in total. The van der Waals surface area contributed by atoms with Crippen LogP contribution in [0.1, 0.15) is 25.7 Å². The minimum absolute atomic E-state index is 0.907. The van der Waals surface area contributed by atoms with Crippen molar-refractivity contribution >= 4 is 0 Å². The van der Waals surface area contributed by atoms with Gasteiger partial charge in [0.1, 0.15) is 0 Å². The van der Waals surface area contributed by atoms with E-state index in [-0.39, 0.29) is 0 Å². The highest BCUT2D eigenvalue weighted by atomic mass is 16.5. The monoisotopic (exact) mass is 269 g/mol. The summed E-state index contributed by atoms with van der Waals surface area (Å²) >= 11 is 0. The molecule has 0 bridgehead atoms. The fourth-order valence-corrected chi connectivity index (χ4v) is 3.05. The number of hydrogen-bond acceptors (Lipinski definition) is 4. The molecule has 0 aromatic carbocycles. The lowest BCUT2D eigenvalue weighted by atomic mass is 9.96. The van der Waals surface area contributed by atoms with Crippen molar-refractivity contribution in [3.05, 3.63) is 0 Å². The molecule has 0 aromatic heterocycles. The number of piperazine rings is 1. The Morgan fingerprint density at radius 3 is 2.63 bits per heavy atom. The molecule has 0 amide bonds. The molecule has 4 nitrogen and oxygen atoms in total. The zero-order chi connectivity index (χ0) is 13.3. The number of hydrogen-bond donors (Lipinski definition) is 1. The third-order valence-corrected chi connectivity index (χ3v) is 4.48. The van der Waals surface area contributed by atoms with Crippen molar-refractivity contribution in [2.24, 2.45) is 5.92 Å². The molecule has 0 spiro atoms. The summed E-state index contributed by atoms with van der Waals surface area (Å²) in [5.74, 6) is 0.907. The Kier molecular flexibility index (Phi) is 7.14. The Balaban J connectivity index is 1.47. The number of ether oxygens (including phenoxy) is 1. The molecule has 2 rings (SSSR count). The van der Waals surface area contributed by atoms with E-state index in [1.165, 1.54) is 71.5 Å². The Labute approximate surface area is 118 Å². The van der Waals surface area contributed by atoms with Crippen molar-refractivity contribution in [1.82, 2.24) is 15.1 Å². The first-order valence-corrected chi connectivity index (χ1v) is 8.04. The van der Waals surface area contributed by atoms with E-state index in [4.69, 9.17) is 4.74 Å². The van der Waals surface area contributed by atoms with Crippen molar-refractivity contribution < 1.29 is 4.74 Å². The summed E-state index contributed by atoms with van der Waals surface area (Å²) in [4.78, 5) is 5.10. The molecule has 4 heteroatoms. The lowest BCUT2D eigenvalue weighted by molar-refractivity contribution is 0.0609. The van der Waals surface area contributed by atoms with Crippen molar-refractivity contribution in [3.8, 4) is 0 Å². The van der Waals surface area contributed by atoms with Crippen LogP contribution >= 0.6 is 0 Å². The van der Waals surface area contributed by atoms with Gasteiger partial charge in [0.2, 0.25) is 0 Å². The first kappa shape index (κ1) is 15.2. The van der Waals surface area contributed by atoms with E-state index in [1.54, 1.807) is 0 Å². The lowest BCUT2D eigenvalue weighted by Gasteiger charge is -2.28. The molecule has 112 valence electrons. The van der Waals surface area contributed by atoms with Crippen LogP contribution in [0.15, 0.2) is 0 Å². The molecule has 2 aliphatic rings. The van der Waals surface area contributed by atoms with E-state index in [9.17, 15) is 0 Å². The Morgan fingerprint density at radius 1 is 1.16 bits per heavy atom. The summed E-state index contributed by atoms with van der Waals surface area (Å²) in [7, 11) is 2.27. The van der Waals surface area contributed by atoms with Gasteiger partial charge in [-0.15, -0.1) is 0 Å². The van der Waals surface area contributed by atoms with Crippen molar-refractivity contribution in [1.29, 1.82) is 0 Å². The second-order valence-electron chi connectivity index (χ2n) is 6.09. The quantitative estimate of drug-likeness (QED) is 0.747. The minimum Gasteiger partial charge on any atom is -0.381 e. The third kappa shape index (κ3) is 6.21. The van der Waals surface area contributed by atoms with Gasteiger partial charge in [0, 0.05) is 39.4 Å². The number of nitrogens with zero attached hydrogens (tertiary/aromatic N) is 2. The first-order valence-electron chi connectivity index (χ1n) is 8.04. The minimum atomic E-state index is 0.907. The summed E-state index contributed by atoms with van der Waals surface area (Å²) in [5, 5.41) is 3.41. The second kappa shape index (κ2) is 8.90. The van der Waals surface area contributed by atoms with Gasteiger partial charge in [-0.3, -0.25) is 0 Å². The fourth-order valence-electron chi connectivity index (χ4n) is 3.05. The van der Waals surface area contributed by atoms with E-state index >= 15 is 0 Å². The van der Waals surface area contributed by atoms with Gasteiger partial charge in [0.05, 0.1) is 0 Å². The standard InChI is InChI=1S/C15H31N3O/c1-17(10-3-15-4-13-19-14-5-15)8-2-9-18-11-6-16-7-12-18/h15-16H,2-14H2,1H3. The molecule has 0 aliphatic carbocycles. The first-order chi connectivity index (χ1) is 9.34.